The Morgan fingerprint density at radius 2 is 0.667 bits per heavy atom. The molecule has 63 heavy (non-hydrogen) atoms. The van der Waals surface area contributed by atoms with Gasteiger partial charge in [-0.1, -0.05) is 206 Å². The van der Waals surface area contributed by atoms with Crippen molar-refractivity contribution >= 4 is 38.6 Å². The van der Waals surface area contributed by atoms with Gasteiger partial charge < -0.3 is 4.90 Å². The van der Waals surface area contributed by atoms with Crippen molar-refractivity contribution in [1.82, 2.24) is 9.97 Å². The van der Waals surface area contributed by atoms with Crippen molar-refractivity contribution in [2.45, 2.75) is 0 Å². The molecular formula is C60H41N3. The lowest BCUT2D eigenvalue weighted by atomic mass is 9.99. The van der Waals surface area contributed by atoms with Crippen molar-refractivity contribution in [2.75, 3.05) is 4.90 Å². The molecule has 0 radical (unpaired) electrons. The molecule has 0 aliphatic rings. The number of rotatable bonds is 9. The Balaban J connectivity index is 0.911. The lowest BCUT2D eigenvalue weighted by Gasteiger charge is -2.27. The molecule has 0 atom stereocenters. The molecule has 0 aliphatic carbocycles. The number of nitrogens with zero attached hydrogens (tertiary/aromatic N) is 3. The highest BCUT2D eigenvalue weighted by Gasteiger charge is 2.17. The highest BCUT2D eigenvalue weighted by Crippen LogP contribution is 2.41. The van der Waals surface area contributed by atoms with Gasteiger partial charge in [-0.3, -0.25) is 0 Å². The molecule has 0 amide bonds. The van der Waals surface area contributed by atoms with E-state index in [0.29, 0.717) is 5.82 Å². The summed E-state index contributed by atoms with van der Waals surface area (Å²) in [5.41, 5.74) is 15.2. The maximum Gasteiger partial charge on any atom is 0.160 e. The molecular weight excluding hydrogens is 763 g/mol. The van der Waals surface area contributed by atoms with Gasteiger partial charge >= 0.3 is 0 Å². The first-order chi connectivity index (χ1) is 31.2. The van der Waals surface area contributed by atoms with E-state index in [1.165, 1.54) is 43.8 Å². The molecule has 1 heterocycles. The van der Waals surface area contributed by atoms with Crippen LogP contribution >= 0.6 is 0 Å². The average Bonchev–Trinajstić information content (AvgIpc) is 3.37. The van der Waals surface area contributed by atoms with Gasteiger partial charge in [0.05, 0.1) is 17.1 Å². The van der Waals surface area contributed by atoms with Crippen LogP contribution in [0.15, 0.2) is 249 Å². The number of fused-ring (bicyclic) bond motifs is 2. The third-order valence-electron chi connectivity index (χ3n) is 11.9. The Kier molecular flexibility index (Phi) is 9.89. The fraction of sp³-hybridized carbons (Fsp3) is 0. The van der Waals surface area contributed by atoms with Crippen LogP contribution in [0.4, 0.5) is 17.1 Å². The number of hydrogen-bond donors (Lipinski definition) is 0. The number of anilines is 3. The summed E-state index contributed by atoms with van der Waals surface area (Å²) in [6.07, 6.45) is 0. The highest BCUT2D eigenvalue weighted by molar-refractivity contribution is 5.99. The zero-order valence-corrected chi connectivity index (χ0v) is 34.5. The molecule has 0 saturated heterocycles. The van der Waals surface area contributed by atoms with Gasteiger partial charge in [0.15, 0.2) is 5.82 Å². The van der Waals surface area contributed by atoms with Gasteiger partial charge in [0, 0.05) is 33.5 Å². The van der Waals surface area contributed by atoms with E-state index in [9.17, 15) is 0 Å². The fourth-order valence-electron chi connectivity index (χ4n) is 8.56. The van der Waals surface area contributed by atoms with E-state index in [-0.39, 0.29) is 0 Å². The monoisotopic (exact) mass is 803 g/mol. The van der Waals surface area contributed by atoms with Crippen LogP contribution in [0, 0.1) is 0 Å². The summed E-state index contributed by atoms with van der Waals surface area (Å²) in [5.74, 6) is 0.697. The first-order valence-electron chi connectivity index (χ1n) is 21.4. The van der Waals surface area contributed by atoms with Crippen molar-refractivity contribution in [1.29, 1.82) is 0 Å². The topological polar surface area (TPSA) is 29.0 Å². The molecule has 0 unspecified atom stereocenters. The minimum absolute atomic E-state index is 0.697. The van der Waals surface area contributed by atoms with Crippen molar-refractivity contribution in [2.24, 2.45) is 0 Å². The van der Waals surface area contributed by atoms with E-state index in [1.54, 1.807) is 0 Å². The number of aromatic nitrogens is 2. The summed E-state index contributed by atoms with van der Waals surface area (Å²) >= 11 is 0. The summed E-state index contributed by atoms with van der Waals surface area (Å²) in [7, 11) is 0. The Bertz CT molecular complexity index is 3340. The zero-order valence-electron chi connectivity index (χ0n) is 34.5. The molecule has 11 rings (SSSR count). The van der Waals surface area contributed by atoms with Crippen LogP contribution in [0.1, 0.15) is 0 Å². The van der Waals surface area contributed by atoms with E-state index in [0.717, 1.165) is 56.3 Å². The third kappa shape index (κ3) is 7.65. The number of benzene rings is 10. The molecule has 0 N–H and O–H groups in total. The minimum atomic E-state index is 0.697. The van der Waals surface area contributed by atoms with E-state index in [1.807, 2.05) is 6.07 Å². The molecule has 296 valence electrons. The van der Waals surface area contributed by atoms with Gasteiger partial charge in [-0.05, 0) is 92.0 Å². The maximum atomic E-state index is 5.14. The molecule has 11 aromatic rings. The normalized spacial score (nSPS) is 11.2. The largest absolute Gasteiger partial charge is 0.310 e. The Morgan fingerprint density at radius 1 is 0.254 bits per heavy atom. The van der Waals surface area contributed by atoms with E-state index in [4.69, 9.17) is 9.97 Å². The van der Waals surface area contributed by atoms with Gasteiger partial charge in [-0.2, -0.15) is 0 Å². The first-order valence-corrected chi connectivity index (χ1v) is 21.4. The predicted molar refractivity (Wildman–Crippen MR) is 264 cm³/mol. The van der Waals surface area contributed by atoms with Crippen LogP contribution in [0.3, 0.4) is 0 Å². The Morgan fingerprint density at radius 3 is 1.25 bits per heavy atom. The van der Waals surface area contributed by atoms with Crippen molar-refractivity contribution < 1.29 is 0 Å². The summed E-state index contributed by atoms with van der Waals surface area (Å²) in [4.78, 5) is 12.6. The quantitative estimate of drug-likeness (QED) is 0.146. The minimum Gasteiger partial charge on any atom is -0.310 e. The maximum absolute atomic E-state index is 5.14. The first kappa shape index (κ1) is 37.6. The summed E-state index contributed by atoms with van der Waals surface area (Å²) in [6, 6.07) is 88.3. The van der Waals surface area contributed by atoms with Crippen LogP contribution in [-0.2, 0) is 0 Å². The Hall–Kier alpha value is -8.40. The second kappa shape index (κ2) is 16.6. The van der Waals surface area contributed by atoms with Crippen LogP contribution in [0.2, 0.25) is 0 Å². The molecule has 0 aliphatic heterocycles. The number of hydrogen-bond acceptors (Lipinski definition) is 3. The van der Waals surface area contributed by atoms with E-state index < -0.39 is 0 Å². The third-order valence-corrected chi connectivity index (χ3v) is 11.9. The van der Waals surface area contributed by atoms with Crippen LogP contribution in [-0.4, -0.2) is 9.97 Å². The molecule has 0 spiro atoms. The molecule has 3 heteroatoms. The molecule has 10 aromatic carbocycles. The van der Waals surface area contributed by atoms with Crippen molar-refractivity contribution in [3.8, 4) is 67.3 Å². The lowest BCUT2D eigenvalue weighted by molar-refractivity contribution is 1.18. The standard InChI is InChI=1S/C60H41N3/c1-3-12-42(13-4-1)44-22-24-45(25-23-44)47-32-36-54(37-33-47)63(59-21-11-19-49-15-9-10-20-56(49)59)55-38-34-48(35-39-55)46-26-29-51(30-27-46)60-61-57(50-16-5-2-6-17-50)41-58(62-60)53-31-28-43-14-7-8-18-52(43)40-53/h1-41H. The molecule has 0 saturated carbocycles. The van der Waals surface area contributed by atoms with Crippen molar-refractivity contribution in [3.63, 3.8) is 0 Å². The van der Waals surface area contributed by atoms with Gasteiger partial charge in [-0.25, -0.2) is 9.97 Å². The second-order valence-corrected chi connectivity index (χ2v) is 15.8. The second-order valence-electron chi connectivity index (χ2n) is 15.8. The summed E-state index contributed by atoms with van der Waals surface area (Å²) in [6.45, 7) is 0. The summed E-state index contributed by atoms with van der Waals surface area (Å²) in [5, 5.41) is 4.79. The SMILES string of the molecule is c1ccc(-c2ccc(-c3ccc(N(c4ccc(-c5ccc(-c6nc(-c7ccccc7)cc(-c7ccc8ccccc8c7)n6)cc5)cc4)c4cccc5ccccc45)cc3)cc2)cc1. The predicted octanol–water partition coefficient (Wildman–Crippen LogP) is 16.3. The Labute approximate surface area is 367 Å². The smallest absolute Gasteiger partial charge is 0.160 e. The average molecular weight is 804 g/mol. The molecule has 0 fully saturated rings. The van der Waals surface area contributed by atoms with Crippen LogP contribution < -0.4 is 4.90 Å². The summed E-state index contributed by atoms with van der Waals surface area (Å²) < 4.78 is 0. The molecule has 3 nitrogen and oxygen atoms in total. The van der Waals surface area contributed by atoms with Gasteiger partial charge in [0.25, 0.3) is 0 Å². The van der Waals surface area contributed by atoms with Gasteiger partial charge in [-0.15, -0.1) is 0 Å². The lowest BCUT2D eigenvalue weighted by Crippen LogP contribution is -2.10. The van der Waals surface area contributed by atoms with Crippen LogP contribution in [0.5, 0.6) is 0 Å². The van der Waals surface area contributed by atoms with Gasteiger partial charge in [0.2, 0.25) is 0 Å². The zero-order chi connectivity index (χ0) is 42.0. The fourth-order valence-corrected chi connectivity index (χ4v) is 8.56. The van der Waals surface area contributed by atoms with Gasteiger partial charge in [0.1, 0.15) is 0 Å². The van der Waals surface area contributed by atoms with Crippen molar-refractivity contribution in [3.05, 3.63) is 249 Å². The molecule has 0 bridgehead atoms. The van der Waals surface area contributed by atoms with Crippen LogP contribution in [0.25, 0.3) is 88.8 Å². The van der Waals surface area contributed by atoms with E-state index >= 15 is 0 Å². The highest BCUT2D eigenvalue weighted by atomic mass is 15.1. The molecule has 1 aromatic heterocycles. The van der Waals surface area contributed by atoms with E-state index in [2.05, 4.69) is 248 Å².